The second-order valence-electron chi connectivity index (χ2n) is 23.3. The molecule has 0 aliphatic carbocycles. The van der Waals surface area contributed by atoms with Gasteiger partial charge in [0.25, 0.3) is 0 Å². The van der Waals surface area contributed by atoms with Gasteiger partial charge in [-0.05, 0) is 72.8 Å². The van der Waals surface area contributed by atoms with Crippen LogP contribution in [0.2, 0.25) is 30.1 Å². The first-order chi connectivity index (χ1) is 49.4. The highest BCUT2D eigenvalue weighted by molar-refractivity contribution is 6.44. The molecule has 486 valence electrons. The van der Waals surface area contributed by atoms with Crippen LogP contribution >= 0.6 is 69.6 Å². The molecule has 0 saturated carbocycles. The zero-order valence-corrected chi connectivity index (χ0v) is 55.0. The molecule has 30 heteroatoms. The fourth-order valence-corrected chi connectivity index (χ4v) is 13.2. The molecule has 0 bridgehead atoms. The van der Waals surface area contributed by atoms with Crippen LogP contribution in [-0.2, 0) is 0 Å². The molecule has 0 N–H and O–H groups in total. The van der Waals surface area contributed by atoms with Gasteiger partial charge in [0, 0.05) is 36.4 Å². The van der Waals surface area contributed by atoms with E-state index in [1.165, 1.54) is 0 Å². The zero-order valence-electron chi connectivity index (χ0n) is 50.4. The summed E-state index contributed by atoms with van der Waals surface area (Å²) >= 11 is 37.5. The lowest BCUT2D eigenvalue weighted by Crippen LogP contribution is -2.00. The van der Waals surface area contributed by atoms with Gasteiger partial charge in [0.05, 0.1) is 129 Å². The van der Waals surface area contributed by atoms with Gasteiger partial charge in [0.1, 0.15) is 99.3 Å². The summed E-state index contributed by atoms with van der Waals surface area (Å²) in [5.41, 5.74) is 15.2. The first-order valence-corrected chi connectivity index (χ1v) is 32.5. The number of hydrogen-bond acceptors (Lipinski definition) is 18. The number of hydrogen-bond donors (Lipinski definition) is 0. The van der Waals surface area contributed by atoms with Crippen molar-refractivity contribution in [2.75, 3.05) is 0 Å². The Labute approximate surface area is 591 Å². The van der Waals surface area contributed by atoms with E-state index < -0.39 is 34.9 Å². The monoisotopic (exact) mass is 1460 g/mol. The number of benzene rings is 12. The van der Waals surface area contributed by atoms with Crippen LogP contribution in [0.25, 0.3) is 199 Å². The molecule has 0 aliphatic heterocycles. The Kier molecular flexibility index (Phi) is 13.8. The average Bonchev–Trinajstić information content (AvgIpc) is 0.728. The Bertz CT molecular complexity index is 5970. The minimum absolute atomic E-state index is 0.0175. The molecule has 9 heterocycles. The van der Waals surface area contributed by atoms with Crippen LogP contribution in [0.1, 0.15) is 0 Å². The van der Waals surface area contributed by atoms with Crippen molar-refractivity contribution in [3.05, 3.63) is 211 Å². The molecule has 9 aromatic heterocycles. The van der Waals surface area contributed by atoms with E-state index in [1.54, 1.807) is 36.4 Å². The van der Waals surface area contributed by atoms with Gasteiger partial charge in [0.2, 0.25) is 0 Å². The van der Waals surface area contributed by atoms with E-state index >= 15 is 0 Å². The van der Waals surface area contributed by atoms with Crippen molar-refractivity contribution in [2.24, 2.45) is 0 Å². The van der Waals surface area contributed by atoms with Gasteiger partial charge in [0.15, 0.2) is 34.9 Å². The minimum atomic E-state index is -1.15. The van der Waals surface area contributed by atoms with Gasteiger partial charge in [-0.15, -0.1) is 0 Å². The summed E-state index contributed by atoms with van der Waals surface area (Å²) in [7, 11) is 0. The molecule has 0 atom stereocenters. The first-order valence-electron chi connectivity index (χ1n) is 30.2. The average molecular weight is 1470 g/mol. The molecule has 0 aliphatic rings. The van der Waals surface area contributed by atoms with Crippen molar-refractivity contribution >= 4 is 268 Å². The Morgan fingerprint density at radius 3 is 0.363 bits per heavy atom. The van der Waals surface area contributed by atoms with E-state index in [0.29, 0.717) is 129 Å². The molecule has 0 unspecified atom stereocenters. The summed E-state index contributed by atoms with van der Waals surface area (Å²) in [4.78, 5) is 84.7. The highest BCUT2D eigenvalue weighted by Crippen LogP contribution is 2.40. The maximum absolute atomic E-state index is 13.9. The lowest BCUT2D eigenvalue weighted by Gasteiger charge is -2.11. The first kappa shape index (κ1) is 61.5. The van der Waals surface area contributed by atoms with E-state index in [4.69, 9.17) is 129 Å². The van der Waals surface area contributed by atoms with Crippen molar-refractivity contribution in [1.29, 1.82) is 0 Å². The quantitative estimate of drug-likeness (QED) is 0.0780. The smallest absolute Gasteiger partial charge is 0.161 e. The number of nitrogens with zero attached hydrogens (tertiary/aromatic N) is 18. The Morgan fingerprint density at radius 2 is 0.245 bits per heavy atom. The molecular weight excluding hydrogens is 1440 g/mol. The molecule has 0 saturated heterocycles. The maximum Gasteiger partial charge on any atom is 0.161 e. The maximum atomic E-state index is 13.9. The zero-order chi connectivity index (χ0) is 69.4. The third kappa shape index (κ3) is 9.87. The van der Waals surface area contributed by atoms with E-state index in [-0.39, 0.29) is 66.2 Å². The topological polar surface area (TPSA) is 232 Å². The van der Waals surface area contributed by atoms with Gasteiger partial charge in [-0.3, -0.25) is 0 Å². The number of aromatic nitrogens is 18. The highest BCUT2D eigenvalue weighted by Gasteiger charge is 2.25. The third-order valence-electron chi connectivity index (χ3n) is 17.0. The predicted octanol–water partition coefficient (Wildman–Crippen LogP) is 19.7. The molecule has 12 aromatic carbocycles. The van der Waals surface area contributed by atoms with Crippen molar-refractivity contribution < 1.29 is 26.3 Å². The third-order valence-corrected chi connectivity index (χ3v) is 19.1. The fourth-order valence-electron chi connectivity index (χ4n) is 12.3. The van der Waals surface area contributed by atoms with E-state index in [0.717, 1.165) is 69.5 Å². The van der Waals surface area contributed by atoms with Crippen LogP contribution in [0.15, 0.2) is 146 Å². The van der Waals surface area contributed by atoms with Crippen molar-refractivity contribution in [2.45, 2.75) is 0 Å². The summed E-state index contributed by atoms with van der Waals surface area (Å²) in [5.74, 6) is -6.92. The second-order valence-corrected chi connectivity index (χ2v) is 25.7. The molecule has 21 rings (SSSR count). The van der Waals surface area contributed by atoms with Crippen molar-refractivity contribution in [1.82, 2.24) is 89.7 Å². The Morgan fingerprint density at radius 1 is 0.147 bits per heavy atom. The van der Waals surface area contributed by atoms with Gasteiger partial charge in [-0.2, -0.15) is 0 Å². The lowest BCUT2D eigenvalue weighted by molar-refractivity contribution is 0.510. The van der Waals surface area contributed by atoms with E-state index in [9.17, 15) is 26.3 Å². The molecule has 0 fully saturated rings. The van der Waals surface area contributed by atoms with Gasteiger partial charge in [-0.25, -0.2) is 116 Å². The Balaban J connectivity index is 0.000000106. The Hall–Kier alpha value is -11.6. The number of fused-ring (bicyclic) bond motifs is 27. The summed E-state index contributed by atoms with van der Waals surface area (Å²) in [6.07, 6.45) is 0. The van der Waals surface area contributed by atoms with Gasteiger partial charge in [-0.1, -0.05) is 106 Å². The van der Waals surface area contributed by atoms with E-state index in [1.807, 2.05) is 72.8 Å². The van der Waals surface area contributed by atoms with Gasteiger partial charge < -0.3 is 0 Å². The number of halogens is 12. The molecule has 0 amide bonds. The minimum Gasteiger partial charge on any atom is -0.242 e. The number of rotatable bonds is 0. The molecule has 18 nitrogen and oxygen atoms in total. The standard InChI is InChI=1S/C24H6Cl6N6.C24H6F6N6.C24H12N6/c2*25-7-1-13-14(2-8(7)26)32-20-19(31-13)21-23(35-16-4-10(28)9(27)3-15(16)33-21)24-22(20)34-17-5-11(29)12(30)6-18(17)36-24;1-2-8-14-13(7-1)25-19-20(26-14)22-24(30-18-12-6-5-11-17(18)28-22)23-21(19)27-15-9-3-4-10-16(15)29-23/h2*1-6H;1-12H. The molecular formula is C72H24Cl6F6N18. The predicted molar refractivity (Wildman–Crippen MR) is 385 cm³/mol. The van der Waals surface area contributed by atoms with Crippen LogP contribution in [0.4, 0.5) is 26.3 Å². The van der Waals surface area contributed by atoms with Crippen molar-refractivity contribution in [3.63, 3.8) is 0 Å². The summed E-state index contributed by atoms with van der Waals surface area (Å²) < 4.78 is 83.5. The largest absolute Gasteiger partial charge is 0.242 e. The molecule has 102 heavy (non-hydrogen) atoms. The normalized spacial score (nSPS) is 12.1. The lowest BCUT2D eigenvalue weighted by atomic mass is 10.1. The molecule has 0 radical (unpaired) electrons. The van der Waals surface area contributed by atoms with Crippen LogP contribution in [0, 0.1) is 34.9 Å². The molecule has 21 aromatic rings. The number of para-hydroxylation sites is 6. The summed E-state index contributed by atoms with van der Waals surface area (Å²) in [5, 5.41) is 2.16. The SMILES string of the molecule is Clc1cc2nc3c4nc5cc(Cl)c(Cl)cc5nc4c4nc5cc(Cl)c(Cl)cc5nc4c3nc2cc1Cl.Fc1cc2nc3c4nc5cc(F)c(F)cc5nc4c4nc5cc(F)c(F)cc5nc4c3nc2cc1F.c1ccc2nc3c(nc2c1)c1nc2ccccc2nc1c1nc2ccccc2nc31. The van der Waals surface area contributed by atoms with Crippen LogP contribution in [0.5, 0.6) is 0 Å². The summed E-state index contributed by atoms with van der Waals surface area (Å²) in [6, 6.07) is 38.5. The van der Waals surface area contributed by atoms with E-state index in [2.05, 4.69) is 29.9 Å². The highest BCUT2D eigenvalue weighted by atomic mass is 35.5. The van der Waals surface area contributed by atoms with Crippen molar-refractivity contribution in [3.8, 4) is 0 Å². The fraction of sp³-hybridized carbons (Fsp3) is 0. The second kappa shape index (κ2) is 22.9. The van der Waals surface area contributed by atoms with Crippen LogP contribution < -0.4 is 0 Å². The van der Waals surface area contributed by atoms with Crippen LogP contribution in [0.3, 0.4) is 0 Å². The molecule has 0 spiro atoms. The summed E-state index contributed by atoms with van der Waals surface area (Å²) in [6.45, 7) is 0. The van der Waals surface area contributed by atoms with Crippen LogP contribution in [-0.4, -0.2) is 89.7 Å². The van der Waals surface area contributed by atoms with Gasteiger partial charge >= 0.3 is 0 Å².